The minimum Gasteiger partial charge on any atom is -0.371 e. The Morgan fingerprint density at radius 3 is 2.50 bits per heavy atom. The van der Waals surface area contributed by atoms with Gasteiger partial charge in [-0.25, -0.2) is 4.79 Å². The summed E-state index contributed by atoms with van der Waals surface area (Å²) in [6.07, 6.45) is 2.52. The second-order valence-corrected chi connectivity index (χ2v) is 5.30. The number of anilines is 2. The van der Waals surface area contributed by atoms with Crippen molar-refractivity contribution < 1.29 is 4.79 Å². The van der Waals surface area contributed by atoms with Crippen molar-refractivity contribution in [2.24, 2.45) is 0 Å². The lowest BCUT2D eigenvalue weighted by Crippen LogP contribution is -2.34. The smallest absolute Gasteiger partial charge is 0.321 e. The lowest BCUT2D eigenvalue weighted by Gasteiger charge is -2.22. The van der Waals surface area contributed by atoms with Gasteiger partial charge in [0, 0.05) is 37.6 Å². The predicted octanol–water partition coefficient (Wildman–Crippen LogP) is 3.47. The number of benzene rings is 1. The summed E-state index contributed by atoms with van der Waals surface area (Å²) in [7, 11) is 0. The van der Waals surface area contributed by atoms with E-state index < -0.39 is 0 Å². The maximum Gasteiger partial charge on any atom is 0.321 e. The minimum atomic E-state index is -0.0170. The SMILES string of the molecule is CCN(CC)C(=O)Nc1cc(N2CCCC2)ccc1C. The first-order chi connectivity index (χ1) is 9.65. The van der Waals surface area contributed by atoms with E-state index in [1.807, 2.05) is 20.8 Å². The summed E-state index contributed by atoms with van der Waals surface area (Å²) in [5.74, 6) is 0. The zero-order valence-corrected chi connectivity index (χ0v) is 12.8. The fourth-order valence-electron chi connectivity index (χ4n) is 2.62. The molecule has 0 atom stereocenters. The summed E-state index contributed by atoms with van der Waals surface area (Å²) in [4.78, 5) is 16.3. The van der Waals surface area contributed by atoms with Crippen LogP contribution in [0.4, 0.5) is 16.2 Å². The van der Waals surface area contributed by atoms with Crippen LogP contribution in [0.15, 0.2) is 18.2 Å². The van der Waals surface area contributed by atoms with E-state index >= 15 is 0 Å². The Labute approximate surface area is 121 Å². The normalized spacial score (nSPS) is 14.4. The molecule has 1 aliphatic heterocycles. The van der Waals surface area contributed by atoms with E-state index in [-0.39, 0.29) is 6.03 Å². The molecule has 4 heteroatoms. The average molecular weight is 275 g/mol. The van der Waals surface area contributed by atoms with Crippen molar-refractivity contribution in [1.82, 2.24) is 4.90 Å². The molecule has 0 unspecified atom stereocenters. The van der Waals surface area contributed by atoms with E-state index in [9.17, 15) is 4.79 Å². The molecule has 2 rings (SSSR count). The van der Waals surface area contributed by atoms with Crippen LogP contribution >= 0.6 is 0 Å². The summed E-state index contributed by atoms with van der Waals surface area (Å²) in [6.45, 7) is 9.72. The number of hydrogen-bond acceptors (Lipinski definition) is 2. The number of carbonyl (C=O) groups is 1. The Hall–Kier alpha value is -1.71. The second kappa shape index (κ2) is 6.64. The molecule has 0 saturated carbocycles. The molecular formula is C16H25N3O. The van der Waals surface area contributed by atoms with Gasteiger partial charge in [0.1, 0.15) is 0 Å². The molecule has 0 aromatic heterocycles. The van der Waals surface area contributed by atoms with E-state index in [0.717, 1.165) is 37.4 Å². The molecule has 0 radical (unpaired) electrons. The van der Waals surface area contributed by atoms with Crippen LogP contribution in [0.25, 0.3) is 0 Å². The molecule has 2 amide bonds. The number of rotatable bonds is 4. The van der Waals surface area contributed by atoms with Gasteiger partial charge < -0.3 is 15.1 Å². The quantitative estimate of drug-likeness (QED) is 0.913. The Morgan fingerprint density at radius 1 is 1.25 bits per heavy atom. The van der Waals surface area contributed by atoms with E-state index in [0.29, 0.717) is 0 Å². The lowest BCUT2D eigenvalue weighted by atomic mass is 10.1. The zero-order chi connectivity index (χ0) is 14.5. The predicted molar refractivity (Wildman–Crippen MR) is 84.6 cm³/mol. The van der Waals surface area contributed by atoms with Gasteiger partial charge in [-0.2, -0.15) is 0 Å². The Morgan fingerprint density at radius 2 is 1.90 bits per heavy atom. The van der Waals surface area contributed by atoms with Crippen molar-refractivity contribution in [2.45, 2.75) is 33.6 Å². The van der Waals surface area contributed by atoms with Gasteiger partial charge in [0.25, 0.3) is 0 Å². The first kappa shape index (κ1) is 14.7. The minimum absolute atomic E-state index is 0.0170. The molecule has 1 N–H and O–H groups in total. The molecular weight excluding hydrogens is 250 g/mol. The standard InChI is InChI=1S/C16H25N3O/c1-4-18(5-2)16(20)17-15-12-14(9-8-13(15)3)19-10-6-7-11-19/h8-9,12H,4-7,10-11H2,1-3H3,(H,17,20). The number of hydrogen-bond donors (Lipinski definition) is 1. The third-order valence-corrected chi connectivity index (χ3v) is 3.98. The van der Waals surface area contributed by atoms with Crippen molar-refractivity contribution in [2.75, 3.05) is 36.4 Å². The molecule has 1 aliphatic rings. The molecule has 1 fully saturated rings. The third-order valence-electron chi connectivity index (χ3n) is 3.98. The van der Waals surface area contributed by atoms with Gasteiger partial charge >= 0.3 is 6.03 Å². The maximum absolute atomic E-state index is 12.2. The van der Waals surface area contributed by atoms with Crippen LogP contribution < -0.4 is 10.2 Å². The largest absolute Gasteiger partial charge is 0.371 e. The summed E-state index contributed by atoms with van der Waals surface area (Å²) in [5, 5.41) is 3.04. The zero-order valence-electron chi connectivity index (χ0n) is 12.8. The number of urea groups is 1. The van der Waals surface area contributed by atoms with Gasteiger partial charge in [-0.1, -0.05) is 6.07 Å². The molecule has 4 nitrogen and oxygen atoms in total. The van der Waals surface area contributed by atoms with Crippen LogP contribution in [-0.2, 0) is 0 Å². The third kappa shape index (κ3) is 3.24. The first-order valence-electron chi connectivity index (χ1n) is 7.57. The van der Waals surface area contributed by atoms with Crippen molar-refractivity contribution in [3.63, 3.8) is 0 Å². The van der Waals surface area contributed by atoms with E-state index in [1.165, 1.54) is 18.5 Å². The highest BCUT2D eigenvalue weighted by atomic mass is 16.2. The molecule has 0 bridgehead atoms. The van der Waals surface area contributed by atoms with Crippen molar-refractivity contribution in [3.05, 3.63) is 23.8 Å². The molecule has 0 aliphatic carbocycles. The highest BCUT2D eigenvalue weighted by Gasteiger charge is 2.15. The Kier molecular flexibility index (Phi) is 4.88. The van der Waals surface area contributed by atoms with E-state index in [4.69, 9.17) is 0 Å². The number of carbonyl (C=O) groups excluding carboxylic acids is 1. The Balaban J connectivity index is 2.14. The van der Waals surface area contributed by atoms with Crippen LogP contribution in [-0.4, -0.2) is 37.1 Å². The maximum atomic E-state index is 12.2. The molecule has 20 heavy (non-hydrogen) atoms. The molecule has 1 heterocycles. The summed E-state index contributed by atoms with van der Waals surface area (Å²) in [6, 6.07) is 6.32. The fourth-order valence-corrected chi connectivity index (χ4v) is 2.62. The summed E-state index contributed by atoms with van der Waals surface area (Å²) < 4.78 is 0. The van der Waals surface area contributed by atoms with Gasteiger partial charge in [0.15, 0.2) is 0 Å². The van der Waals surface area contributed by atoms with Crippen molar-refractivity contribution in [3.8, 4) is 0 Å². The van der Waals surface area contributed by atoms with Gasteiger partial charge in [-0.3, -0.25) is 0 Å². The second-order valence-electron chi connectivity index (χ2n) is 5.30. The first-order valence-corrected chi connectivity index (χ1v) is 7.57. The molecule has 1 aromatic rings. The van der Waals surface area contributed by atoms with Crippen LogP contribution in [0.5, 0.6) is 0 Å². The molecule has 1 aromatic carbocycles. The van der Waals surface area contributed by atoms with Gasteiger partial charge in [0.2, 0.25) is 0 Å². The molecule has 110 valence electrons. The highest BCUT2D eigenvalue weighted by Crippen LogP contribution is 2.26. The van der Waals surface area contributed by atoms with E-state index in [1.54, 1.807) is 4.90 Å². The summed E-state index contributed by atoms with van der Waals surface area (Å²) >= 11 is 0. The van der Waals surface area contributed by atoms with Gasteiger partial charge in [-0.15, -0.1) is 0 Å². The monoisotopic (exact) mass is 275 g/mol. The number of nitrogens with zero attached hydrogens (tertiary/aromatic N) is 2. The topological polar surface area (TPSA) is 35.6 Å². The van der Waals surface area contributed by atoms with Crippen molar-refractivity contribution in [1.29, 1.82) is 0 Å². The van der Waals surface area contributed by atoms with E-state index in [2.05, 4.69) is 28.4 Å². The van der Waals surface area contributed by atoms with Crippen molar-refractivity contribution >= 4 is 17.4 Å². The highest BCUT2D eigenvalue weighted by molar-refractivity contribution is 5.90. The number of aryl methyl sites for hydroxylation is 1. The summed E-state index contributed by atoms with van der Waals surface area (Å²) in [5.41, 5.74) is 3.24. The average Bonchev–Trinajstić information content (AvgIpc) is 2.96. The lowest BCUT2D eigenvalue weighted by molar-refractivity contribution is 0.217. The van der Waals surface area contributed by atoms with Gasteiger partial charge in [0.05, 0.1) is 0 Å². The van der Waals surface area contributed by atoms with Crippen LogP contribution in [0.2, 0.25) is 0 Å². The van der Waals surface area contributed by atoms with Crippen LogP contribution in [0, 0.1) is 6.92 Å². The Bertz CT molecular complexity index is 463. The fraction of sp³-hybridized carbons (Fsp3) is 0.562. The van der Waals surface area contributed by atoms with Gasteiger partial charge in [-0.05, 0) is 51.3 Å². The van der Waals surface area contributed by atoms with Crippen LogP contribution in [0.1, 0.15) is 32.3 Å². The molecule has 1 saturated heterocycles. The molecule has 0 spiro atoms. The van der Waals surface area contributed by atoms with Crippen LogP contribution in [0.3, 0.4) is 0 Å². The number of nitrogens with one attached hydrogen (secondary N) is 1. The number of amides is 2.